The van der Waals surface area contributed by atoms with Crippen LogP contribution in [0.15, 0.2) is 42.5 Å². The van der Waals surface area contributed by atoms with Crippen LogP contribution in [0.4, 0.5) is 0 Å². The van der Waals surface area contributed by atoms with Crippen molar-refractivity contribution in [2.45, 2.75) is 6.92 Å². The molecule has 3 heteroatoms. The number of ether oxygens (including phenoxy) is 1. The van der Waals surface area contributed by atoms with Crippen molar-refractivity contribution in [3.8, 4) is 5.75 Å². The van der Waals surface area contributed by atoms with Crippen molar-refractivity contribution in [3.05, 3.63) is 53.6 Å². The lowest BCUT2D eigenvalue weighted by molar-refractivity contribution is 0.112. The molecule has 0 saturated carbocycles. The van der Waals surface area contributed by atoms with Crippen LogP contribution in [0.1, 0.15) is 15.9 Å². The molecule has 2 nitrogen and oxygen atoms in total. The summed E-state index contributed by atoms with van der Waals surface area (Å²) in [7, 11) is 2.09. The summed E-state index contributed by atoms with van der Waals surface area (Å²) in [5.41, 5.74) is 1.87. The summed E-state index contributed by atoms with van der Waals surface area (Å²) >= 11 is 0. The summed E-state index contributed by atoms with van der Waals surface area (Å²) in [6.07, 6.45) is 0.921. The number of benzene rings is 2. The van der Waals surface area contributed by atoms with E-state index in [1.807, 2.05) is 49.4 Å². The van der Waals surface area contributed by atoms with Gasteiger partial charge in [-0.3, -0.25) is 4.79 Å². The van der Waals surface area contributed by atoms with Crippen molar-refractivity contribution in [2.75, 3.05) is 7.11 Å². The Morgan fingerprint density at radius 3 is 2.61 bits per heavy atom. The molecule has 2 rings (SSSR count). The Morgan fingerprint density at radius 2 is 1.89 bits per heavy atom. The number of rotatable bonds is 4. The zero-order valence-corrected chi connectivity index (χ0v) is 11.4. The summed E-state index contributed by atoms with van der Waals surface area (Å²) in [5, 5.41) is 2.17. The third-order valence-electron chi connectivity index (χ3n) is 2.71. The van der Waals surface area contributed by atoms with Crippen LogP contribution >= 0.6 is 8.58 Å². The molecular formula is C15H15O2P. The number of hydrogen-bond acceptors (Lipinski definition) is 2. The Morgan fingerprint density at radius 1 is 1.11 bits per heavy atom. The van der Waals surface area contributed by atoms with Crippen LogP contribution in [-0.4, -0.2) is 13.4 Å². The number of carbonyl (C=O) groups is 1. The smallest absolute Gasteiger partial charge is 0.150 e. The molecule has 1 unspecified atom stereocenters. The molecule has 0 fully saturated rings. The fourth-order valence-electron chi connectivity index (χ4n) is 1.79. The summed E-state index contributed by atoms with van der Waals surface area (Å²) in [6.45, 7) is 1.99. The van der Waals surface area contributed by atoms with E-state index in [0.29, 0.717) is 8.58 Å². The van der Waals surface area contributed by atoms with Gasteiger partial charge in [0.2, 0.25) is 0 Å². The summed E-state index contributed by atoms with van der Waals surface area (Å²) in [6, 6.07) is 13.9. The minimum absolute atomic E-state index is 0.428. The molecule has 0 bridgehead atoms. The van der Waals surface area contributed by atoms with Crippen molar-refractivity contribution in [1.82, 2.24) is 0 Å². The number of methoxy groups -OCH3 is 1. The molecule has 2 aromatic rings. The second-order valence-electron chi connectivity index (χ2n) is 4.03. The lowest BCUT2D eigenvalue weighted by Crippen LogP contribution is -2.10. The topological polar surface area (TPSA) is 26.3 Å². The Kier molecular flexibility index (Phi) is 4.11. The largest absolute Gasteiger partial charge is 0.496 e. The maximum atomic E-state index is 11.1. The second-order valence-corrected chi connectivity index (χ2v) is 5.36. The van der Waals surface area contributed by atoms with Crippen molar-refractivity contribution >= 4 is 25.5 Å². The first-order valence-corrected chi connectivity index (χ1v) is 6.70. The fourth-order valence-corrected chi connectivity index (χ4v) is 3.01. The van der Waals surface area contributed by atoms with Gasteiger partial charge in [0.25, 0.3) is 0 Å². The SMILES string of the molecule is COc1ccccc1Pc1ccc(C)cc1C=O. The lowest BCUT2D eigenvalue weighted by atomic mass is 10.2. The molecule has 0 N–H and O–H groups in total. The van der Waals surface area contributed by atoms with Crippen molar-refractivity contribution < 1.29 is 9.53 Å². The quantitative estimate of drug-likeness (QED) is 0.622. The van der Waals surface area contributed by atoms with E-state index < -0.39 is 0 Å². The van der Waals surface area contributed by atoms with E-state index in [1.165, 1.54) is 0 Å². The minimum Gasteiger partial charge on any atom is -0.496 e. The van der Waals surface area contributed by atoms with E-state index in [-0.39, 0.29) is 0 Å². The van der Waals surface area contributed by atoms with E-state index in [4.69, 9.17) is 4.74 Å². The standard InChI is InChI=1S/C15H15O2P/c1-11-7-8-14(12(9-11)10-16)18-15-6-4-3-5-13(15)17-2/h3-10,18H,1-2H3. The third-order valence-corrected chi connectivity index (χ3v) is 4.12. The Hall–Kier alpha value is -1.66. The first-order valence-electron chi connectivity index (χ1n) is 5.70. The molecule has 92 valence electrons. The molecular weight excluding hydrogens is 243 g/mol. The van der Waals surface area contributed by atoms with Gasteiger partial charge in [-0.2, -0.15) is 0 Å². The molecule has 0 spiro atoms. The van der Waals surface area contributed by atoms with Crippen molar-refractivity contribution in [1.29, 1.82) is 0 Å². The lowest BCUT2D eigenvalue weighted by Gasteiger charge is -2.10. The molecule has 0 heterocycles. The average molecular weight is 258 g/mol. The highest BCUT2D eigenvalue weighted by Crippen LogP contribution is 2.20. The van der Waals surface area contributed by atoms with Gasteiger partial charge in [-0.15, -0.1) is 0 Å². The van der Waals surface area contributed by atoms with Crippen LogP contribution in [0.2, 0.25) is 0 Å². The van der Waals surface area contributed by atoms with Gasteiger partial charge >= 0.3 is 0 Å². The van der Waals surface area contributed by atoms with Gasteiger partial charge in [0.05, 0.1) is 7.11 Å². The Bertz CT molecular complexity index is 564. The summed E-state index contributed by atoms with van der Waals surface area (Å²) in [4.78, 5) is 11.1. The van der Waals surface area contributed by atoms with Crippen LogP contribution in [-0.2, 0) is 0 Å². The first-order chi connectivity index (χ1) is 8.74. The molecule has 0 aliphatic heterocycles. The predicted octanol–water partition coefficient (Wildman–Crippen LogP) is 2.45. The summed E-state index contributed by atoms with van der Waals surface area (Å²) in [5.74, 6) is 0.869. The van der Waals surface area contributed by atoms with Gasteiger partial charge in [-0.25, -0.2) is 0 Å². The highest BCUT2D eigenvalue weighted by Gasteiger charge is 2.07. The van der Waals surface area contributed by atoms with E-state index in [1.54, 1.807) is 7.11 Å². The molecule has 0 amide bonds. The van der Waals surface area contributed by atoms with Crippen LogP contribution in [0.5, 0.6) is 5.75 Å². The van der Waals surface area contributed by atoms with Gasteiger partial charge in [0, 0.05) is 10.9 Å². The van der Waals surface area contributed by atoms with Crippen molar-refractivity contribution in [3.63, 3.8) is 0 Å². The van der Waals surface area contributed by atoms with Gasteiger partial charge in [-0.05, 0) is 24.4 Å². The highest BCUT2D eigenvalue weighted by molar-refractivity contribution is 7.56. The molecule has 0 aliphatic carbocycles. The molecule has 0 saturated heterocycles. The Labute approximate surface area is 109 Å². The fraction of sp³-hybridized carbons (Fsp3) is 0.133. The van der Waals surface area contributed by atoms with E-state index in [2.05, 4.69) is 0 Å². The molecule has 0 aromatic heterocycles. The number of aryl methyl sites for hydroxylation is 1. The second kappa shape index (κ2) is 5.79. The molecule has 2 aromatic carbocycles. The van der Waals surface area contributed by atoms with E-state index >= 15 is 0 Å². The first kappa shape index (κ1) is 12.8. The average Bonchev–Trinajstić information content (AvgIpc) is 2.41. The minimum atomic E-state index is 0.428. The van der Waals surface area contributed by atoms with Crippen LogP contribution in [0.3, 0.4) is 0 Å². The van der Waals surface area contributed by atoms with Crippen LogP contribution < -0.4 is 15.3 Å². The predicted molar refractivity (Wildman–Crippen MR) is 77.1 cm³/mol. The Balaban J connectivity index is 2.36. The maximum Gasteiger partial charge on any atom is 0.150 e. The zero-order valence-electron chi connectivity index (χ0n) is 10.4. The number of hydrogen-bond donors (Lipinski definition) is 0. The van der Waals surface area contributed by atoms with Gasteiger partial charge in [0.15, 0.2) is 6.29 Å². The zero-order chi connectivity index (χ0) is 13.0. The van der Waals surface area contributed by atoms with Gasteiger partial charge in [0.1, 0.15) is 5.75 Å². The normalized spacial score (nSPS) is 10.8. The van der Waals surface area contributed by atoms with Crippen LogP contribution in [0.25, 0.3) is 0 Å². The number of aldehydes is 1. The highest BCUT2D eigenvalue weighted by atomic mass is 31.1. The van der Waals surface area contributed by atoms with E-state index in [9.17, 15) is 4.79 Å². The van der Waals surface area contributed by atoms with Crippen LogP contribution in [0, 0.1) is 6.92 Å². The van der Waals surface area contributed by atoms with E-state index in [0.717, 1.165) is 33.8 Å². The number of para-hydroxylation sites is 1. The third kappa shape index (κ3) is 2.77. The molecule has 18 heavy (non-hydrogen) atoms. The van der Waals surface area contributed by atoms with Gasteiger partial charge < -0.3 is 4.74 Å². The molecule has 1 atom stereocenters. The van der Waals surface area contributed by atoms with Crippen molar-refractivity contribution in [2.24, 2.45) is 0 Å². The monoisotopic (exact) mass is 258 g/mol. The molecule has 0 radical (unpaired) electrons. The maximum absolute atomic E-state index is 11.1. The molecule has 0 aliphatic rings. The van der Waals surface area contributed by atoms with Gasteiger partial charge in [-0.1, -0.05) is 44.5 Å². The number of carbonyl (C=O) groups excluding carboxylic acids is 1. The summed E-state index contributed by atoms with van der Waals surface area (Å²) < 4.78 is 5.33.